The second-order valence-electron chi connectivity index (χ2n) is 6.49. The Balaban J connectivity index is 1.53. The van der Waals surface area contributed by atoms with Crippen molar-refractivity contribution >= 4 is 17.8 Å². The van der Waals surface area contributed by atoms with Crippen molar-refractivity contribution in [2.75, 3.05) is 94.0 Å². The van der Waals surface area contributed by atoms with E-state index in [1.165, 1.54) is 12.8 Å². The van der Waals surface area contributed by atoms with Gasteiger partial charge >= 0.3 is 0 Å². The molecule has 0 saturated carbocycles. The number of nitrogens with two attached hydrogens (primary N) is 1. The van der Waals surface area contributed by atoms with E-state index in [4.69, 9.17) is 24.9 Å². The van der Waals surface area contributed by atoms with Crippen LogP contribution >= 0.6 is 0 Å². The first-order valence-electron chi connectivity index (χ1n) is 9.80. The Labute approximate surface area is 160 Å². The molecular formula is C17H31N7O3. The van der Waals surface area contributed by atoms with Crippen molar-refractivity contribution in [3.8, 4) is 0 Å². The van der Waals surface area contributed by atoms with Crippen LogP contribution in [0, 0.1) is 0 Å². The number of aromatic nitrogens is 3. The molecule has 27 heavy (non-hydrogen) atoms. The van der Waals surface area contributed by atoms with Crippen molar-refractivity contribution < 1.29 is 14.2 Å². The topological polar surface area (TPSA) is 111 Å². The lowest BCUT2D eigenvalue weighted by atomic mass is 10.4. The van der Waals surface area contributed by atoms with Crippen molar-refractivity contribution in [3.05, 3.63) is 0 Å². The Bertz CT molecular complexity index is 551. The number of hydrogen-bond donors (Lipinski definition) is 2. The molecule has 152 valence electrons. The molecule has 0 aromatic carbocycles. The summed E-state index contributed by atoms with van der Waals surface area (Å²) in [6.07, 6.45) is 2.36. The van der Waals surface area contributed by atoms with Gasteiger partial charge in [0.15, 0.2) is 0 Å². The predicted octanol–water partition coefficient (Wildman–Crippen LogP) is -0.288. The number of ether oxygens (including phenoxy) is 3. The van der Waals surface area contributed by atoms with E-state index in [1.807, 2.05) is 0 Å². The first-order chi connectivity index (χ1) is 13.4. The molecule has 2 fully saturated rings. The molecule has 2 aliphatic rings. The monoisotopic (exact) mass is 381 g/mol. The number of morpholine rings is 1. The molecule has 2 aliphatic heterocycles. The lowest BCUT2D eigenvalue weighted by Crippen LogP contribution is -2.38. The van der Waals surface area contributed by atoms with Crippen molar-refractivity contribution in [2.24, 2.45) is 5.73 Å². The second-order valence-corrected chi connectivity index (χ2v) is 6.49. The Morgan fingerprint density at radius 3 is 2.15 bits per heavy atom. The fourth-order valence-electron chi connectivity index (χ4n) is 3.04. The average Bonchev–Trinajstić information content (AvgIpc) is 3.25. The van der Waals surface area contributed by atoms with Crippen LogP contribution < -0.4 is 20.9 Å². The predicted molar refractivity (Wildman–Crippen MR) is 103 cm³/mol. The molecule has 0 aliphatic carbocycles. The van der Waals surface area contributed by atoms with E-state index in [2.05, 4.69) is 25.1 Å². The molecule has 0 spiro atoms. The van der Waals surface area contributed by atoms with Gasteiger partial charge in [0.1, 0.15) is 0 Å². The third-order valence-corrected chi connectivity index (χ3v) is 4.46. The van der Waals surface area contributed by atoms with Crippen molar-refractivity contribution in [1.29, 1.82) is 0 Å². The molecule has 0 amide bonds. The van der Waals surface area contributed by atoms with Crippen LogP contribution in [0.15, 0.2) is 0 Å². The van der Waals surface area contributed by atoms with E-state index in [-0.39, 0.29) is 0 Å². The maximum Gasteiger partial charge on any atom is 0.232 e. The standard InChI is InChI=1S/C17H31N7O3/c18-3-9-25-13-14-26-10-4-19-15-20-16(23-5-1-2-6-23)22-17(21-15)24-7-11-27-12-8-24/h1-14,18H2,(H,19,20,21,22). The molecule has 10 heteroatoms. The fraction of sp³-hybridized carbons (Fsp3) is 0.824. The summed E-state index contributed by atoms with van der Waals surface area (Å²) in [6.45, 7) is 8.40. The van der Waals surface area contributed by atoms with Crippen LogP contribution in [0.2, 0.25) is 0 Å². The zero-order valence-electron chi connectivity index (χ0n) is 15.9. The van der Waals surface area contributed by atoms with Crippen LogP contribution in [0.1, 0.15) is 12.8 Å². The van der Waals surface area contributed by atoms with E-state index in [1.54, 1.807) is 0 Å². The van der Waals surface area contributed by atoms with Crippen LogP contribution in [-0.2, 0) is 14.2 Å². The van der Waals surface area contributed by atoms with Gasteiger partial charge in [-0.15, -0.1) is 0 Å². The van der Waals surface area contributed by atoms with Crippen LogP contribution in [0.4, 0.5) is 17.8 Å². The summed E-state index contributed by atoms with van der Waals surface area (Å²) in [5.74, 6) is 2.06. The highest BCUT2D eigenvalue weighted by atomic mass is 16.5. The molecule has 1 aromatic heterocycles. The number of nitrogens with one attached hydrogen (secondary N) is 1. The maximum atomic E-state index is 5.54. The van der Waals surface area contributed by atoms with E-state index in [9.17, 15) is 0 Å². The van der Waals surface area contributed by atoms with E-state index >= 15 is 0 Å². The van der Waals surface area contributed by atoms with Gasteiger partial charge in [-0.1, -0.05) is 0 Å². The van der Waals surface area contributed by atoms with Gasteiger partial charge in [0.25, 0.3) is 0 Å². The summed E-state index contributed by atoms with van der Waals surface area (Å²) in [5.41, 5.74) is 5.37. The van der Waals surface area contributed by atoms with Gasteiger partial charge in [0, 0.05) is 39.3 Å². The van der Waals surface area contributed by atoms with Crippen LogP contribution in [-0.4, -0.2) is 93.9 Å². The first-order valence-corrected chi connectivity index (χ1v) is 9.80. The minimum atomic E-state index is 0.533. The molecular weight excluding hydrogens is 350 g/mol. The zero-order valence-corrected chi connectivity index (χ0v) is 15.9. The first kappa shape index (κ1) is 20.0. The molecule has 0 unspecified atom stereocenters. The lowest BCUT2D eigenvalue weighted by Gasteiger charge is -2.28. The quantitative estimate of drug-likeness (QED) is 0.496. The van der Waals surface area contributed by atoms with Crippen LogP contribution in [0.25, 0.3) is 0 Å². The van der Waals surface area contributed by atoms with Gasteiger partial charge in [-0.3, -0.25) is 0 Å². The van der Waals surface area contributed by atoms with Crippen molar-refractivity contribution in [2.45, 2.75) is 12.8 Å². The highest BCUT2D eigenvalue weighted by Crippen LogP contribution is 2.20. The molecule has 1 aromatic rings. The van der Waals surface area contributed by atoms with Gasteiger partial charge in [-0.05, 0) is 12.8 Å². The van der Waals surface area contributed by atoms with Gasteiger partial charge in [0.05, 0.1) is 39.6 Å². The summed E-state index contributed by atoms with van der Waals surface area (Å²) >= 11 is 0. The average molecular weight is 381 g/mol. The van der Waals surface area contributed by atoms with Crippen LogP contribution in [0.5, 0.6) is 0 Å². The Morgan fingerprint density at radius 2 is 1.48 bits per heavy atom. The summed E-state index contributed by atoms with van der Waals surface area (Å²) in [4.78, 5) is 18.3. The molecule has 3 rings (SSSR count). The largest absolute Gasteiger partial charge is 0.378 e. The van der Waals surface area contributed by atoms with Gasteiger partial charge in [-0.25, -0.2) is 0 Å². The summed E-state index contributed by atoms with van der Waals surface area (Å²) in [6, 6.07) is 0. The molecule has 3 heterocycles. The van der Waals surface area contributed by atoms with Crippen LogP contribution in [0.3, 0.4) is 0 Å². The second kappa shape index (κ2) is 11.2. The number of rotatable bonds is 11. The minimum Gasteiger partial charge on any atom is -0.378 e. The highest BCUT2D eigenvalue weighted by Gasteiger charge is 2.21. The summed E-state index contributed by atoms with van der Waals surface area (Å²) in [7, 11) is 0. The zero-order chi connectivity index (χ0) is 18.7. The van der Waals surface area contributed by atoms with Gasteiger partial charge in [0.2, 0.25) is 17.8 Å². The van der Waals surface area contributed by atoms with Gasteiger partial charge in [-0.2, -0.15) is 15.0 Å². The molecule has 0 atom stereocenters. The number of anilines is 3. The molecule has 10 nitrogen and oxygen atoms in total. The van der Waals surface area contributed by atoms with E-state index < -0.39 is 0 Å². The summed E-state index contributed by atoms with van der Waals surface area (Å²) < 4.78 is 16.3. The maximum absolute atomic E-state index is 5.54. The van der Waals surface area contributed by atoms with E-state index in [0.29, 0.717) is 64.6 Å². The Kier molecular flexibility index (Phi) is 8.28. The lowest BCUT2D eigenvalue weighted by molar-refractivity contribution is 0.0547. The Morgan fingerprint density at radius 1 is 0.852 bits per heavy atom. The molecule has 3 N–H and O–H groups in total. The van der Waals surface area contributed by atoms with Crippen molar-refractivity contribution in [3.63, 3.8) is 0 Å². The molecule has 2 saturated heterocycles. The van der Waals surface area contributed by atoms with Crippen molar-refractivity contribution in [1.82, 2.24) is 15.0 Å². The molecule has 0 bridgehead atoms. The fourth-order valence-corrected chi connectivity index (χ4v) is 3.04. The normalized spacial score (nSPS) is 17.5. The minimum absolute atomic E-state index is 0.533. The van der Waals surface area contributed by atoms with E-state index in [0.717, 1.165) is 32.1 Å². The summed E-state index contributed by atoms with van der Waals surface area (Å²) in [5, 5.41) is 3.26. The van der Waals surface area contributed by atoms with Gasteiger partial charge < -0.3 is 35.1 Å². The Hall–Kier alpha value is -1.75. The number of nitrogens with zero attached hydrogens (tertiary/aromatic N) is 5. The molecule has 0 radical (unpaired) electrons. The third kappa shape index (κ3) is 6.42. The third-order valence-electron chi connectivity index (χ3n) is 4.46. The highest BCUT2D eigenvalue weighted by molar-refractivity contribution is 5.46. The SMILES string of the molecule is NCCOCCOCCNc1nc(N2CCCC2)nc(N2CCOCC2)n1. The smallest absolute Gasteiger partial charge is 0.232 e. The number of hydrogen-bond acceptors (Lipinski definition) is 10.